The molecule has 110 valence electrons. The molecule has 0 aromatic heterocycles. The highest BCUT2D eigenvalue weighted by Gasteiger charge is 2.25. The lowest BCUT2D eigenvalue weighted by Crippen LogP contribution is -2.38. The number of hydrogen-bond donors (Lipinski definition) is 0. The Morgan fingerprint density at radius 2 is 2.21 bits per heavy atom. The summed E-state index contributed by atoms with van der Waals surface area (Å²) in [5.41, 5.74) is 1.28. The summed E-state index contributed by atoms with van der Waals surface area (Å²) in [5.74, 6) is 0. The number of likely N-dealkylation sites (N-methyl/N-ethyl adjacent to an activating group) is 1. The SMILES string of the molecule is C/C=C(/Br)CN(CC)C1CCC[C@@H](F)C(Br)/C=C\1C. The lowest BCUT2D eigenvalue weighted by molar-refractivity contribution is 0.224. The molecule has 0 spiro atoms. The van der Waals surface area contributed by atoms with Gasteiger partial charge in [-0.3, -0.25) is 4.90 Å². The maximum absolute atomic E-state index is 13.7. The highest BCUT2D eigenvalue weighted by molar-refractivity contribution is 9.11. The van der Waals surface area contributed by atoms with Crippen LogP contribution in [0.3, 0.4) is 0 Å². The summed E-state index contributed by atoms with van der Waals surface area (Å²) < 4.78 is 15.0. The highest BCUT2D eigenvalue weighted by Crippen LogP contribution is 2.27. The van der Waals surface area contributed by atoms with Gasteiger partial charge in [-0.05, 0) is 39.7 Å². The van der Waals surface area contributed by atoms with Crippen LogP contribution in [0.15, 0.2) is 22.2 Å². The Labute approximate surface area is 133 Å². The van der Waals surface area contributed by atoms with E-state index in [1.165, 1.54) is 10.1 Å². The average molecular weight is 397 g/mol. The maximum Gasteiger partial charge on any atom is 0.116 e. The molecule has 0 aromatic carbocycles. The second-order valence-electron chi connectivity index (χ2n) is 5.12. The van der Waals surface area contributed by atoms with Crippen LogP contribution in [-0.4, -0.2) is 35.0 Å². The van der Waals surface area contributed by atoms with Crippen molar-refractivity contribution in [2.75, 3.05) is 13.1 Å². The van der Waals surface area contributed by atoms with Crippen LogP contribution in [0.5, 0.6) is 0 Å². The monoisotopic (exact) mass is 395 g/mol. The van der Waals surface area contributed by atoms with Crippen molar-refractivity contribution in [2.45, 2.75) is 57.1 Å². The second-order valence-corrected chi connectivity index (χ2v) is 7.19. The molecule has 0 radical (unpaired) electrons. The van der Waals surface area contributed by atoms with Crippen molar-refractivity contribution >= 4 is 31.9 Å². The Morgan fingerprint density at radius 3 is 2.79 bits per heavy atom. The third-order valence-corrected chi connectivity index (χ3v) is 5.31. The fraction of sp³-hybridized carbons (Fsp3) is 0.733. The predicted molar refractivity (Wildman–Crippen MR) is 88.9 cm³/mol. The molecule has 19 heavy (non-hydrogen) atoms. The van der Waals surface area contributed by atoms with E-state index in [2.05, 4.69) is 62.8 Å². The van der Waals surface area contributed by atoms with Crippen molar-refractivity contribution in [3.05, 3.63) is 22.2 Å². The molecule has 1 rings (SSSR count). The summed E-state index contributed by atoms with van der Waals surface area (Å²) in [6.45, 7) is 8.29. The zero-order chi connectivity index (χ0) is 14.4. The van der Waals surface area contributed by atoms with E-state index in [1.54, 1.807) is 0 Å². The molecule has 2 unspecified atom stereocenters. The Morgan fingerprint density at radius 1 is 1.53 bits per heavy atom. The van der Waals surface area contributed by atoms with Gasteiger partial charge in [0.05, 0.1) is 4.83 Å². The molecule has 4 heteroatoms. The normalized spacial score (nSPS) is 32.7. The van der Waals surface area contributed by atoms with Crippen LogP contribution in [0.25, 0.3) is 0 Å². The molecule has 0 heterocycles. The van der Waals surface area contributed by atoms with Crippen LogP contribution in [-0.2, 0) is 0 Å². The molecular formula is C15H24Br2FN. The minimum absolute atomic E-state index is 0.140. The van der Waals surface area contributed by atoms with Gasteiger partial charge < -0.3 is 0 Å². The fourth-order valence-electron chi connectivity index (χ4n) is 2.56. The van der Waals surface area contributed by atoms with Crippen LogP contribution in [0.2, 0.25) is 0 Å². The van der Waals surface area contributed by atoms with E-state index >= 15 is 0 Å². The van der Waals surface area contributed by atoms with Crippen LogP contribution >= 0.6 is 31.9 Å². The van der Waals surface area contributed by atoms with Gasteiger partial charge in [0.2, 0.25) is 0 Å². The van der Waals surface area contributed by atoms with Crippen LogP contribution < -0.4 is 0 Å². The zero-order valence-corrected chi connectivity index (χ0v) is 15.2. The lowest BCUT2D eigenvalue weighted by Gasteiger charge is -2.33. The van der Waals surface area contributed by atoms with Gasteiger partial charge in [0.15, 0.2) is 0 Å². The van der Waals surface area contributed by atoms with Gasteiger partial charge >= 0.3 is 0 Å². The predicted octanol–water partition coefficient (Wildman–Crippen LogP) is 5.21. The summed E-state index contributed by atoms with van der Waals surface area (Å²) in [4.78, 5) is 2.31. The third kappa shape index (κ3) is 5.31. The topological polar surface area (TPSA) is 3.24 Å². The first-order chi connectivity index (χ1) is 8.99. The van der Waals surface area contributed by atoms with E-state index in [-0.39, 0.29) is 4.83 Å². The first-order valence-electron chi connectivity index (χ1n) is 7.00. The molecule has 0 bridgehead atoms. The molecule has 0 aromatic rings. The molecule has 0 saturated carbocycles. The summed E-state index contributed by atoms with van der Waals surface area (Å²) in [6, 6.07) is 0.421. The zero-order valence-electron chi connectivity index (χ0n) is 12.0. The summed E-state index contributed by atoms with van der Waals surface area (Å²) >= 11 is 7.04. The van der Waals surface area contributed by atoms with E-state index in [1.807, 2.05) is 6.92 Å². The number of rotatable bonds is 4. The van der Waals surface area contributed by atoms with Gasteiger partial charge in [0, 0.05) is 17.1 Å². The van der Waals surface area contributed by atoms with E-state index in [0.29, 0.717) is 12.5 Å². The molecule has 0 aliphatic heterocycles. The molecule has 1 aliphatic carbocycles. The number of hydrogen-bond acceptors (Lipinski definition) is 1. The third-order valence-electron chi connectivity index (χ3n) is 3.77. The summed E-state index contributed by atoms with van der Waals surface area (Å²) in [6.07, 6.45) is 6.03. The van der Waals surface area contributed by atoms with E-state index in [9.17, 15) is 4.39 Å². The Hall–Kier alpha value is 0.330. The van der Waals surface area contributed by atoms with E-state index < -0.39 is 6.17 Å². The highest BCUT2D eigenvalue weighted by atomic mass is 79.9. The Kier molecular flexibility index (Phi) is 7.85. The minimum Gasteiger partial charge on any atom is -0.292 e. The van der Waals surface area contributed by atoms with Gasteiger partial charge in [-0.2, -0.15) is 0 Å². The summed E-state index contributed by atoms with van der Waals surface area (Å²) in [7, 11) is 0. The molecule has 0 amide bonds. The Bertz CT molecular complexity index is 341. The fourth-order valence-corrected chi connectivity index (χ4v) is 3.56. The van der Waals surface area contributed by atoms with Gasteiger partial charge in [-0.25, -0.2) is 4.39 Å². The summed E-state index contributed by atoms with van der Waals surface area (Å²) in [5, 5.41) is 0. The number of allylic oxidation sites excluding steroid dienone is 2. The molecule has 0 fully saturated rings. The van der Waals surface area contributed by atoms with Crippen molar-refractivity contribution in [3.8, 4) is 0 Å². The first kappa shape index (κ1) is 17.4. The van der Waals surface area contributed by atoms with Crippen LogP contribution in [0.1, 0.15) is 40.0 Å². The molecular weight excluding hydrogens is 373 g/mol. The van der Waals surface area contributed by atoms with E-state index in [0.717, 1.165) is 25.9 Å². The van der Waals surface area contributed by atoms with Gasteiger partial charge in [-0.15, -0.1) is 0 Å². The smallest absolute Gasteiger partial charge is 0.116 e. The molecule has 3 atom stereocenters. The standard InChI is InChI=1S/C15H24Br2FN/c1-4-12(16)10-19(5-2)15-8-6-7-14(18)13(17)9-11(15)3/h4,9,13-15H,5-8,10H2,1-3H3/b11-9-,12-4+/t13?,14-,15?/m1/s1. The molecule has 0 saturated heterocycles. The number of nitrogens with zero attached hydrogens (tertiary/aromatic N) is 1. The molecule has 1 aliphatic rings. The van der Waals surface area contributed by atoms with Gasteiger partial charge in [0.25, 0.3) is 0 Å². The average Bonchev–Trinajstić information content (AvgIpc) is 2.39. The maximum atomic E-state index is 13.7. The van der Waals surface area contributed by atoms with Crippen molar-refractivity contribution < 1.29 is 4.39 Å². The Balaban J connectivity index is 2.85. The number of halogens is 3. The first-order valence-corrected chi connectivity index (χ1v) is 8.71. The quantitative estimate of drug-likeness (QED) is 0.465. The van der Waals surface area contributed by atoms with Crippen LogP contribution in [0, 0.1) is 0 Å². The van der Waals surface area contributed by atoms with Crippen LogP contribution in [0.4, 0.5) is 4.39 Å². The molecule has 1 nitrogen and oxygen atoms in total. The van der Waals surface area contributed by atoms with E-state index in [4.69, 9.17) is 0 Å². The minimum atomic E-state index is -0.756. The van der Waals surface area contributed by atoms with Gasteiger partial charge in [0.1, 0.15) is 6.17 Å². The number of alkyl halides is 2. The van der Waals surface area contributed by atoms with Crippen molar-refractivity contribution in [3.63, 3.8) is 0 Å². The second kappa shape index (κ2) is 8.58. The molecule has 0 N–H and O–H groups in total. The lowest BCUT2D eigenvalue weighted by atomic mass is 9.94. The largest absolute Gasteiger partial charge is 0.292 e. The van der Waals surface area contributed by atoms with Gasteiger partial charge in [-0.1, -0.05) is 56.5 Å². The van der Waals surface area contributed by atoms with Crippen molar-refractivity contribution in [1.29, 1.82) is 0 Å². The van der Waals surface area contributed by atoms with Crippen molar-refractivity contribution in [1.82, 2.24) is 4.90 Å². The van der Waals surface area contributed by atoms with Crippen molar-refractivity contribution in [2.24, 2.45) is 0 Å².